The van der Waals surface area contributed by atoms with E-state index in [2.05, 4.69) is 22.4 Å². The van der Waals surface area contributed by atoms with Crippen LogP contribution < -0.4 is 14.8 Å². The lowest BCUT2D eigenvalue weighted by Gasteiger charge is -2.07. The molecule has 0 atom stereocenters. The molecule has 0 radical (unpaired) electrons. The first-order valence-corrected chi connectivity index (χ1v) is 6.61. The van der Waals surface area contributed by atoms with Crippen LogP contribution in [-0.2, 0) is 13.2 Å². The maximum Gasteiger partial charge on any atom is 0.233 e. The van der Waals surface area contributed by atoms with Crippen molar-refractivity contribution >= 4 is 0 Å². The predicted octanol–water partition coefficient (Wildman–Crippen LogP) is 2.17. The highest BCUT2D eigenvalue weighted by atomic mass is 16.5. The molecule has 0 aliphatic carbocycles. The molecule has 0 aliphatic rings. The topological polar surface area (TPSA) is 56.3 Å². The van der Waals surface area contributed by atoms with Crippen LogP contribution in [0.15, 0.2) is 36.4 Å². The second-order valence-electron chi connectivity index (χ2n) is 4.28. The molecule has 0 spiro atoms. The fourth-order valence-corrected chi connectivity index (χ4v) is 1.69. The van der Waals surface area contributed by atoms with Crippen LogP contribution in [0.2, 0.25) is 0 Å². The number of aromatic nitrogens is 2. The number of ether oxygens (including phenoxy) is 2. The second kappa shape index (κ2) is 7.45. The number of hydrogen-bond acceptors (Lipinski definition) is 5. The van der Waals surface area contributed by atoms with Gasteiger partial charge in [-0.3, -0.25) is 0 Å². The summed E-state index contributed by atoms with van der Waals surface area (Å²) in [6, 6.07) is 11.5. The molecule has 0 saturated heterocycles. The molecule has 2 rings (SSSR count). The first kappa shape index (κ1) is 14.3. The molecule has 1 aromatic heterocycles. The Morgan fingerprint density at radius 2 is 2.05 bits per heavy atom. The molecule has 0 fully saturated rings. The lowest BCUT2D eigenvalue weighted by atomic mass is 10.2. The first-order valence-electron chi connectivity index (χ1n) is 6.61. The third-order valence-electron chi connectivity index (χ3n) is 2.77. The highest BCUT2D eigenvalue weighted by molar-refractivity contribution is 5.28. The molecule has 0 bridgehead atoms. The van der Waals surface area contributed by atoms with Gasteiger partial charge in [0.05, 0.1) is 12.8 Å². The number of rotatable bonds is 7. The summed E-state index contributed by atoms with van der Waals surface area (Å²) in [4.78, 5) is 0. The van der Waals surface area contributed by atoms with E-state index in [1.807, 2.05) is 36.4 Å². The van der Waals surface area contributed by atoms with Gasteiger partial charge < -0.3 is 14.8 Å². The summed E-state index contributed by atoms with van der Waals surface area (Å²) >= 11 is 0. The highest BCUT2D eigenvalue weighted by Crippen LogP contribution is 2.14. The van der Waals surface area contributed by atoms with Gasteiger partial charge in [-0.25, -0.2) is 0 Å². The average molecular weight is 273 g/mol. The SMILES string of the molecule is CCNCc1ccc(OCc2cccc(OC)c2)nn1. The van der Waals surface area contributed by atoms with E-state index < -0.39 is 0 Å². The Hall–Kier alpha value is -2.14. The Morgan fingerprint density at radius 3 is 2.75 bits per heavy atom. The van der Waals surface area contributed by atoms with E-state index in [-0.39, 0.29) is 0 Å². The Morgan fingerprint density at radius 1 is 1.15 bits per heavy atom. The van der Waals surface area contributed by atoms with Gasteiger partial charge in [-0.15, -0.1) is 5.10 Å². The van der Waals surface area contributed by atoms with Crippen molar-refractivity contribution < 1.29 is 9.47 Å². The van der Waals surface area contributed by atoms with Gasteiger partial charge in [-0.1, -0.05) is 19.1 Å². The van der Waals surface area contributed by atoms with E-state index in [1.165, 1.54) is 0 Å². The number of nitrogens with zero attached hydrogens (tertiary/aromatic N) is 2. The molecule has 5 nitrogen and oxygen atoms in total. The van der Waals surface area contributed by atoms with Crippen molar-refractivity contribution in [1.82, 2.24) is 15.5 Å². The van der Waals surface area contributed by atoms with E-state index in [0.29, 0.717) is 12.5 Å². The molecular weight excluding hydrogens is 254 g/mol. The molecule has 20 heavy (non-hydrogen) atoms. The summed E-state index contributed by atoms with van der Waals surface area (Å²) in [7, 11) is 1.65. The monoisotopic (exact) mass is 273 g/mol. The van der Waals surface area contributed by atoms with Crippen molar-refractivity contribution in [2.24, 2.45) is 0 Å². The van der Waals surface area contributed by atoms with Gasteiger partial charge in [0.15, 0.2) is 0 Å². The minimum absolute atomic E-state index is 0.443. The second-order valence-corrected chi connectivity index (χ2v) is 4.28. The molecule has 0 amide bonds. The van der Waals surface area contributed by atoms with Crippen molar-refractivity contribution in [2.45, 2.75) is 20.1 Å². The average Bonchev–Trinajstić information content (AvgIpc) is 2.52. The van der Waals surface area contributed by atoms with E-state index in [9.17, 15) is 0 Å². The Labute approximate surface area is 118 Å². The number of benzene rings is 1. The molecule has 1 heterocycles. The third kappa shape index (κ3) is 4.20. The molecule has 0 saturated carbocycles. The molecule has 5 heteroatoms. The van der Waals surface area contributed by atoms with Crippen LogP contribution in [0.5, 0.6) is 11.6 Å². The largest absolute Gasteiger partial charge is 0.497 e. The minimum Gasteiger partial charge on any atom is -0.497 e. The number of nitrogens with one attached hydrogen (secondary N) is 1. The molecule has 0 unspecified atom stereocenters. The smallest absolute Gasteiger partial charge is 0.233 e. The van der Waals surface area contributed by atoms with Gasteiger partial charge in [0.25, 0.3) is 0 Å². The van der Waals surface area contributed by atoms with Crippen molar-refractivity contribution in [1.29, 1.82) is 0 Å². The first-order chi connectivity index (χ1) is 9.81. The van der Waals surface area contributed by atoms with E-state index in [1.54, 1.807) is 7.11 Å². The van der Waals surface area contributed by atoms with E-state index in [0.717, 1.165) is 30.1 Å². The highest BCUT2D eigenvalue weighted by Gasteiger charge is 2.01. The van der Waals surface area contributed by atoms with Gasteiger partial charge >= 0.3 is 0 Å². The summed E-state index contributed by atoms with van der Waals surface area (Å²) in [5.41, 5.74) is 1.93. The molecule has 0 aliphatic heterocycles. The summed E-state index contributed by atoms with van der Waals surface area (Å²) < 4.78 is 10.8. The van der Waals surface area contributed by atoms with Crippen LogP contribution in [0.4, 0.5) is 0 Å². The van der Waals surface area contributed by atoms with Gasteiger partial charge in [0.1, 0.15) is 12.4 Å². The number of hydrogen-bond donors (Lipinski definition) is 1. The van der Waals surface area contributed by atoms with Gasteiger partial charge in [0.2, 0.25) is 5.88 Å². The lowest BCUT2D eigenvalue weighted by molar-refractivity contribution is 0.289. The number of methoxy groups -OCH3 is 1. The summed E-state index contributed by atoms with van der Waals surface area (Å²) in [6.07, 6.45) is 0. The van der Waals surface area contributed by atoms with Gasteiger partial charge in [-0.05, 0) is 30.3 Å². The van der Waals surface area contributed by atoms with Gasteiger partial charge in [-0.2, -0.15) is 5.10 Å². The van der Waals surface area contributed by atoms with E-state index >= 15 is 0 Å². The zero-order valence-corrected chi connectivity index (χ0v) is 11.8. The Bertz CT molecular complexity index is 529. The summed E-state index contributed by atoms with van der Waals surface area (Å²) in [5, 5.41) is 11.3. The van der Waals surface area contributed by atoms with Crippen molar-refractivity contribution in [3.63, 3.8) is 0 Å². The van der Waals surface area contributed by atoms with Crippen molar-refractivity contribution in [3.05, 3.63) is 47.7 Å². The summed E-state index contributed by atoms with van der Waals surface area (Å²) in [5.74, 6) is 1.34. The Balaban J connectivity index is 1.89. The third-order valence-corrected chi connectivity index (χ3v) is 2.77. The van der Waals surface area contributed by atoms with Crippen LogP contribution in [0.25, 0.3) is 0 Å². The standard InChI is InChI=1S/C15H19N3O2/c1-3-16-10-13-7-8-15(18-17-13)20-11-12-5-4-6-14(9-12)19-2/h4-9,16H,3,10-11H2,1-2H3. The molecule has 1 N–H and O–H groups in total. The quantitative estimate of drug-likeness (QED) is 0.838. The van der Waals surface area contributed by atoms with E-state index in [4.69, 9.17) is 9.47 Å². The van der Waals surface area contributed by atoms with Crippen LogP contribution in [-0.4, -0.2) is 23.9 Å². The normalized spacial score (nSPS) is 10.3. The zero-order valence-electron chi connectivity index (χ0n) is 11.8. The fraction of sp³-hybridized carbons (Fsp3) is 0.333. The lowest BCUT2D eigenvalue weighted by Crippen LogP contribution is -2.13. The van der Waals surface area contributed by atoms with Crippen LogP contribution in [0, 0.1) is 0 Å². The molecule has 1 aromatic carbocycles. The molecule has 106 valence electrons. The van der Waals surface area contributed by atoms with Crippen LogP contribution in [0.3, 0.4) is 0 Å². The fourth-order valence-electron chi connectivity index (χ4n) is 1.69. The maximum absolute atomic E-state index is 5.60. The van der Waals surface area contributed by atoms with Crippen LogP contribution >= 0.6 is 0 Å². The molecular formula is C15H19N3O2. The van der Waals surface area contributed by atoms with Crippen molar-refractivity contribution in [3.8, 4) is 11.6 Å². The molecule has 2 aromatic rings. The minimum atomic E-state index is 0.443. The van der Waals surface area contributed by atoms with Crippen LogP contribution in [0.1, 0.15) is 18.2 Å². The van der Waals surface area contributed by atoms with Crippen molar-refractivity contribution in [2.75, 3.05) is 13.7 Å². The maximum atomic E-state index is 5.60. The predicted molar refractivity (Wildman–Crippen MR) is 76.7 cm³/mol. The zero-order chi connectivity index (χ0) is 14.2. The summed E-state index contributed by atoms with van der Waals surface area (Å²) in [6.45, 7) is 4.13. The Kier molecular flexibility index (Phi) is 5.32. The van der Waals surface area contributed by atoms with Gasteiger partial charge in [0, 0.05) is 12.6 Å².